The average molecular weight is 394 g/mol. The van der Waals surface area contributed by atoms with Gasteiger partial charge in [0, 0.05) is 16.6 Å². The van der Waals surface area contributed by atoms with E-state index in [0.717, 1.165) is 45.2 Å². The van der Waals surface area contributed by atoms with Crippen LogP contribution in [-0.2, 0) is 0 Å². The molecule has 2 heterocycles. The fourth-order valence-electron chi connectivity index (χ4n) is 4.19. The van der Waals surface area contributed by atoms with Crippen molar-refractivity contribution in [2.24, 2.45) is 0 Å². The summed E-state index contributed by atoms with van der Waals surface area (Å²) in [5.41, 5.74) is 7.53. The van der Waals surface area contributed by atoms with E-state index in [2.05, 4.69) is 70.4 Å². The Labute approximate surface area is 175 Å². The lowest BCUT2D eigenvalue weighted by Gasteiger charge is -2.13. The second kappa shape index (κ2) is 7.23. The third-order valence-electron chi connectivity index (χ3n) is 5.54. The molecule has 30 heavy (non-hydrogen) atoms. The number of rotatable bonds is 4. The van der Waals surface area contributed by atoms with Crippen LogP contribution in [0.1, 0.15) is 11.5 Å². The van der Waals surface area contributed by atoms with E-state index in [9.17, 15) is 0 Å². The number of methoxy groups -OCH3 is 1. The monoisotopic (exact) mass is 394 g/mol. The zero-order valence-corrected chi connectivity index (χ0v) is 17.2. The minimum Gasteiger partial charge on any atom is -0.497 e. The molecule has 0 radical (unpaired) electrons. The van der Waals surface area contributed by atoms with Crippen LogP contribution < -0.4 is 4.74 Å². The molecule has 5 aromatic rings. The molecule has 0 spiro atoms. The molecule has 0 aliphatic rings. The summed E-state index contributed by atoms with van der Waals surface area (Å²) in [4.78, 5) is 0. The summed E-state index contributed by atoms with van der Waals surface area (Å²) in [5.74, 6) is 1.64. The molecule has 0 amide bonds. The van der Waals surface area contributed by atoms with Crippen molar-refractivity contribution in [2.75, 3.05) is 7.11 Å². The second-order valence-corrected chi connectivity index (χ2v) is 7.34. The molecule has 5 rings (SSSR count). The van der Waals surface area contributed by atoms with Gasteiger partial charge in [-0.2, -0.15) is 0 Å². The van der Waals surface area contributed by atoms with Crippen molar-refractivity contribution in [2.45, 2.75) is 13.8 Å². The van der Waals surface area contributed by atoms with Gasteiger partial charge in [0.05, 0.1) is 29.6 Å². The summed E-state index contributed by atoms with van der Waals surface area (Å²) in [7, 11) is 1.68. The Hall–Kier alpha value is -3.79. The quantitative estimate of drug-likeness (QED) is 0.346. The van der Waals surface area contributed by atoms with E-state index < -0.39 is 0 Å². The van der Waals surface area contributed by atoms with Crippen LogP contribution in [0.25, 0.3) is 39.0 Å². The summed E-state index contributed by atoms with van der Waals surface area (Å²) in [6.45, 7) is 3.97. The first-order valence-electron chi connectivity index (χ1n) is 9.95. The largest absolute Gasteiger partial charge is 0.497 e. The highest BCUT2D eigenvalue weighted by Gasteiger charge is 2.25. The maximum atomic E-state index is 5.58. The highest BCUT2D eigenvalue weighted by Crippen LogP contribution is 2.44. The van der Waals surface area contributed by atoms with Crippen molar-refractivity contribution in [1.29, 1.82) is 0 Å². The second-order valence-electron chi connectivity index (χ2n) is 7.34. The van der Waals surface area contributed by atoms with E-state index >= 15 is 0 Å². The molecule has 2 aromatic heterocycles. The number of ether oxygens (including phenoxy) is 1. The van der Waals surface area contributed by atoms with Crippen LogP contribution in [0.3, 0.4) is 0 Å². The van der Waals surface area contributed by atoms with Crippen molar-refractivity contribution in [3.05, 3.63) is 90.3 Å². The third-order valence-corrected chi connectivity index (χ3v) is 5.54. The first-order valence-corrected chi connectivity index (χ1v) is 9.95. The lowest BCUT2D eigenvalue weighted by molar-refractivity contribution is 0.393. The van der Waals surface area contributed by atoms with Gasteiger partial charge in [-0.1, -0.05) is 53.7 Å². The lowest BCUT2D eigenvalue weighted by atomic mass is 9.97. The van der Waals surface area contributed by atoms with Gasteiger partial charge in [-0.3, -0.25) is 0 Å². The minimum atomic E-state index is 0.808. The zero-order valence-electron chi connectivity index (χ0n) is 17.2. The summed E-state index contributed by atoms with van der Waals surface area (Å²) < 4.78 is 13.2. The third kappa shape index (κ3) is 2.80. The molecule has 0 fully saturated rings. The Morgan fingerprint density at radius 3 is 2.17 bits per heavy atom. The summed E-state index contributed by atoms with van der Waals surface area (Å²) in [6, 6.07) is 27.2. The Kier molecular flexibility index (Phi) is 4.40. The maximum Gasteiger partial charge on any atom is 0.143 e. The summed E-state index contributed by atoms with van der Waals surface area (Å²) in [6.07, 6.45) is 0. The zero-order chi connectivity index (χ0) is 20.7. The van der Waals surface area contributed by atoms with Crippen molar-refractivity contribution in [1.82, 2.24) is 9.72 Å². The summed E-state index contributed by atoms with van der Waals surface area (Å²) >= 11 is 0. The molecule has 0 aliphatic heterocycles. The first-order chi connectivity index (χ1) is 14.7. The van der Waals surface area contributed by atoms with Crippen LogP contribution in [0.2, 0.25) is 0 Å². The highest BCUT2D eigenvalue weighted by atomic mass is 16.5. The first kappa shape index (κ1) is 18.3. The Balaban J connectivity index is 1.95. The number of aromatic nitrogens is 2. The van der Waals surface area contributed by atoms with E-state index in [1.165, 1.54) is 10.9 Å². The lowest BCUT2D eigenvalue weighted by Crippen LogP contribution is -1.99. The van der Waals surface area contributed by atoms with Crippen LogP contribution in [0.15, 0.2) is 83.4 Å². The standard InChI is InChI=1S/C26H22N2O2/c1-17-24(18(2)30-27-17)26-25(19-9-5-4-6-10-19)22-11-7-8-12-23(22)28(26)20-13-15-21(29-3)16-14-20/h4-16H,1-3H3. The van der Waals surface area contributed by atoms with Gasteiger partial charge in [0.25, 0.3) is 0 Å². The number of nitrogens with zero attached hydrogens (tertiary/aromatic N) is 2. The topological polar surface area (TPSA) is 40.2 Å². The van der Waals surface area contributed by atoms with E-state index in [4.69, 9.17) is 9.26 Å². The van der Waals surface area contributed by atoms with Gasteiger partial charge in [-0.25, -0.2) is 0 Å². The van der Waals surface area contributed by atoms with Gasteiger partial charge in [0.2, 0.25) is 0 Å². The molecule has 0 aliphatic carbocycles. The fraction of sp³-hybridized carbons (Fsp3) is 0.115. The molecule has 0 N–H and O–H groups in total. The van der Waals surface area contributed by atoms with E-state index in [0.29, 0.717) is 0 Å². The van der Waals surface area contributed by atoms with Crippen molar-refractivity contribution >= 4 is 10.9 Å². The number of fused-ring (bicyclic) bond motifs is 1. The molecule has 0 unspecified atom stereocenters. The molecular weight excluding hydrogens is 372 g/mol. The molecule has 0 bridgehead atoms. The Morgan fingerprint density at radius 1 is 0.800 bits per heavy atom. The number of para-hydroxylation sites is 1. The van der Waals surface area contributed by atoms with Gasteiger partial charge in [0.15, 0.2) is 0 Å². The van der Waals surface area contributed by atoms with Crippen LogP contribution >= 0.6 is 0 Å². The van der Waals surface area contributed by atoms with E-state index in [1.54, 1.807) is 7.11 Å². The van der Waals surface area contributed by atoms with Crippen molar-refractivity contribution < 1.29 is 9.26 Å². The molecule has 148 valence electrons. The fourth-order valence-corrected chi connectivity index (χ4v) is 4.19. The van der Waals surface area contributed by atoms with E-state index in [-0.39, 0.29) is 0 Å². The highest BCUT2D eigenvalue weighted by molar-refractivity contribution is 6.06. The summed E-state index contributed by atoms with van der Waals surface area (Å²) in [5, 5.41) is 5.44. The van der Waals surface area contributed by atoms with Crippen molar-refractivity contribution in [3.63, 3.8) is 0 Å². The Morgan fingerprint density at radius 2 is 1.50 bits per heavy atom. The molecule has 4 heteroatoms. The van der Waals surface area contributed by atoms with Crippen LogP contribution in [0.4, 0.5) is 0 Å². The molecule has 0 atom stereocenters. The maximum absolute atomic E-state index is 5.58. The van der Waals surface area contributed by atoms with Gasteiger partial charge in [0.1, 0.15) is 11.5 Å². The average Bonchev–Trinajstić information content (AvgIpc) is 3.30. The van der Waals surface area contributed by atoms with Gasteiger partial charge in [-0.15, -0.1) is 0 Å². The normalized spacial score (nSPS) is 11.2. The predicted molar refractivity (Wildman–Crippen MR) is 120 cm³/mol. The molecular formula is C26H22N2O2. The number of hydrogen-bond donors (Lipinski definition) is 0. The SMILES string of the molecule is COc1ccc(-n2c(-c3c(C)noc3C)c(-c3ccccc3)c3ccccc32)cc1. The molecule has 4 nitrogen and oxygen atoms in total. The molecule has 0 saturated heterocycles. The number of aryl methyl sites for hydroxylation is 2. The van der Waals surface area contributed by atoms with Gasteiger partial charge < -0.3 is 13.8 Å². The van der Waals surface area contributed by atoms with Gasteiger partial charge in [-0.05, 0) is 49.7 Å². The molecule has 0 saturated carbocycles. The smallest absolute Gasteiger partial charge is 0.143 e. The van der Waals surface area contributed by atoms with E-state index in [1.807, 2.05) is 32.0 Å². The van der Waals surface area contributed by atoms with Crippen LogP contribution in [-0.4, -0.2) is 16.8 Å². The molecule has 3 aromatic carbocycles. The number of benzene rings is 3. The van der Waals surface area contributed by atoms with Crippen LogP contribution in [0, 0.1) is 13.8 Å². The van der Waals surface area contributed by atoms with Crippen LogP contribution in [0.5, 0.6) is 5.75 Å². The predicted octanol–water partition coefficient (Wildman–Crippen LogP) is 6.58. The Bertz CT molecular complexity index is 1310. The number of hydrogen-bond acceptors (Lipinski definition) is 3. The van der Waals surface area contributed by atoms with Crippen molar-refractivity contribution in [3.8, 4) is 33.8 Å². The van der Waals surface area contributed by atoms with Gasteiger partial charge >= 0.3 is 0 Å². The minimum absolute atomic E-state index is 0.808.